The number of benzene rings is 1. The fourth-order valence-corrected chi connectivity index (χ4v) is 2.05. The number of furan rings is 2. The van der Waals surface area contributed by atoms with Gasteiger partial charge < -0.3 is 18.9 Å². The summed E-state index contributed by atoms with van der Waals surface area (Å²) >= 11 is 0. The third kappa shape index (κ3) is 4.91. The van der Waals surface area contributed by atoms with Gasteiger partial charge in [0.25, 0.3) is 0 Å². The molecule has 0 bridgehead atoms. The largest absolute Gasteiger partial charge is 0.486 e. The van der Waals surface area contributed by atoms with E-state index in [1.165, 1.54) is 12.3 Å². The van der Waals surface area contributed by atoms with Crippen molar-refractivity contribution in [2.45, 2.75) is 13.2 Å². The normalized spacial score (nSPS) is 10.2. The predicted molar refractivity (Wildman–Crippen MR) is 91.0 cm³/mol. The summed E-state index contributed by atoms with van der Waals surface area (Å²) in [6.45, 7) is 0.394. The Bertz CT molecular complexity index is 843. The summed E-state index contributed by atoms with van der Waals surface area (Å²) in [7, 11) is 0. The van der Waals surface area contributed by atoms with Crippen LogP contribution < -0.4 is 20.9 Å². The van der Waals surface area contributed by atoms with Crippen molar-refractivity contribution in [3.8, 4) is 5.75 Å². The monoisotopic (exact) mass is 355 g/mol. The van der Waals surface area contributed by atoms with Gasteiger partial charge in [-0.1, -0.05) is 18.2 Å². The third-order valence-electron chi connectivity index (χ3n) is 3.30. The Morgan fingerprint density at radius 1 is 0.923 bits per heavy atom. The molecule has 2 aromatic heterocycles. The molecule has 3 N–H and O–H groups in total. The molecule has 0 saturated carbocycles. The van der Waals surface area contributed by atoms with Crippen LogP contribution in [-0.2, 0) is 13.2 Å². The van der Waals surface area contributed by atoms with Crippen LogP contribution >= 0.6 is 0 Å². The molecular weight excluding hydrogens is 338 g/mol. The van der Waals surface area contributed by atoms with Crippen LogP contribution in [0.4, 0.5) is 4.79 Å². The molecule has 0 fully saturated rings. The van der Waals surface area contributed by atoms with Gasteiger partial charge in [0, 0.05) is 0 Å². The Morgan fingerprint density at radius 2 is 1.77 bits per heavy atom. The zero-order chi connectivity index (χ0) is 18.2. The highest BCUT2D eigenvalue weighted by Crippen LogP contribution is 2.13. The lowest BCUT2D eigenvalue weighted by Gasteiger charge is -2.07. The molecule has 1 aromatic carbocycles. The van der Waals surface area contributed by atoms with Crippen LogP contribution in [-0.4, -0.2) is 11.9 Å². The number of carbonyl (C=O) groups is 2. The maximum absolute atomic E-state index is 12.0. The molecule has 2 heterocycles. The molecule has 8 nitrogen and oxygen atoms in total. The number of rotatable bonds is 6. The van der Waals surface area contributed by atoms with Gasteiger partial charge in [-0.05, 0) is 36.4 Å². The van der Waals surface area contributed by atoms with Gasteiger partial charge in [-0.15, -0.1) is 0 Å². The number of hydrogen-bond acceptors (Lipinski definition) is 5. The van der Waals surface area contributed by atoms with E-state index in [1.807, 2.05) is 30.3 Å². The molecule has 0 unspecified atom stereocenters. The lowest BCUT2D eigenvalue weighted by Crippen LogP contribution is -2.46. The molecule has 0 aliphatic carbocycles. The van der Waals surface area contributed by atoms with Crippen LogP contribution in [0, 0.1) is 0 Å². The van der Waals surface area contributed by atoms with Crippen molar-refractivity contribution in [3.63, 3.8) is 0 Å². The molecule has 26 heavy (non-hydrogen) atoms. The second-order valence-corrected chi connectivity index (χ2v) is 5.21. The molecule has 3 amide bonds. The number of para-hydroxylation sites is 1. The molecule has 0 saturated heterocycles. The minimum Gasteiger partial charge on any atom is -0.486 e. The molecule has 0 radical (unpaired) electrons. The van der Waals surface area contributed by atoms with Gasteiger partial charge in [0.1, 0.15) is 23.9 Å². The van der Waals surface area contributed by atoms with E-state index in [-0.39, 0.29) is 18.9 Å². The number of urea groups is 1. The predicted octanol–water partition coefficient (Wildman–Crippen LogP) is 2.60. The lowest BCUT2D eigenvalue weighted by molar-refractivity contribution is 0.0904. The highest BCUT2D eigenvalue weighted by molar-refractivity contribution is 5.92. The van der Waals surface area contributed by atoms with E-state index in [4.69, 9.17) is 13.6 Å². The topological polar surface area (TPSA) is 106 Å². The average molecular weight is 355 g/mol. The molecule has 0 aliphatic heterocycles. The summed E-state index contributed by atoms with van der Waals surface area (Å²) in [5, 5.41) is 2.53. The average Bonchev–Trinajstić information content (AvgIpc) is 3.35. The van der Waals surface area contributed by atoms with E-state index in [1.54, 1.807) is 18.2 Å². The summed E-state index contributed by atoms with van der Waals surface area (Å²) in [5.74, 6) is 1.26. The smallest absolute Gasteiger partial charge is 0.333 e. The van der Waals surface area contributed by atoms with E-state index in [0.717, 1.165) is 0 Å². The molecule has 0 aliphatic rings. The van der Waals surface area contributed by atoms with Gasteiger partial charge >= 0.3 is 11.9 Å². The van der Waals surface area contributed by atoms with E-state index >= 15 is 0 Å². The van der Waals surface area contributed by atoms with E-state index in [0.29, 0.717) is 17.3 Å². The van der Waals surface area contributed by atoms with Crippen LogP contribution in [0.15, 0.2) is 69.7 Å². The van der Waals surface area contributed by atoms with E-state index in [9.17, 15) is 9.59 Å². The number of amides is 3. The van der Waals surface area contributed by atoms with Gasteiger partial charge in [-0.3, -0.25) is 10.2 Å². The first-order valence-electron chi connectivity index (χ1n) is 7.84. The Labute approximate surface area is 149 Å². The first-order valence-corrected chi connectivity index (χ1v) is 7.84. The van der Waals surface area contributed by atoms with Crippen molar-refractivity contribution in [1.82, 2.24) is 16.2 Å². The summed E-state index contributed by atoms with van der Waals surface area (Å²) in [6, 6.07) is 15.2. The quantitative estimate of drug-likeness (QED) is 0.589. The minimum atomic E-state index is -0.580. The number of nitrogens with one attached hydrogen (secondary N) is 3. The first kappa shape index (κ1) is 17.2. The number of carbonyl (C=O) groups excluding carboxylic acids is 2. The lowest BCUT2D eigenvalue weighted by atomic mass is 10.3. The Balaban J connectivity index is 1.42. The fourth-order valence-electron chi connectivity index (χ4n) is 2.05. The van der Waals surface area contributed by atoms with Crippen LogP contribution in [0.2, 0.25) is 0 Å². The second kappa shape index (κ2) is 8.43. The highest BCUT2D eigenvalue weighted by atomic mass is 16.5. The van der Waals surface area contributed by atoms with Crippen molar-refractivity contribution in [2.24, 2.45) is 0 Å². The molecule has 8 heteroatoms. The van der Waals surface area contributed by atoms with Crippen molar-refractivity contribution in [2.75, 3.05) is 0 Å². The third-order valence-corrected chi connectivity index (χ3v) is 3.30. The molecular formula is C18H17N3O5. The van der Waals surface area contributed by atoms with E-state index < -0.39 is 11.9 Å². The van der Waals surface area contributed by atoms with Crippen molar-refractivity contribution >= 4 is 11.9 Å². The van der Waals surface area contributed by atoms with Gasteiger partial charge in [0.05, 0.1) is 12.8 Å². The molecule has 134 valence electrons. The van der Waals surface area contributed by atoms with Crippen LogP contribution in [0.5, 0.6) is 5.75 Å². The van der Waals surface area contributed by atoms with Crippen molar-refractivity contribution in [3.05, 3.63) is 78.1 Å². The molecule has 3 rings (SSSR count). The summed E-state index contributed by atoms with van der Waals surface area (Å²) in [5.41, 5.74) is 4.48. The van der Waals surface area contributed by atoms with Crippen molar-refractivity contribution in [1.29, 1.82) is 0 Å². The van der Waals surface area contributed by atoms with Gasteiger partial charge in [-0.2, -0.15) is 0 Å². The van der Waals surface area contributed by atoms with Crippen molar-refractivity contribution < 1.29 is 23.2 Å². The van der Waals surface area contributed by atoms with Gasteiger partial charge in [-0.25, -0.2) is 10.2 Å². The SMILES string of the molecule is O=C(NCc1ccco1)NNC(=O)c1ccc(COc2ccccc2)o1. The zero-order valence-electron chi connectivity index (χ0n) is 13.7. The summed E-state index contributed by atoms with van der Waals surface area (Å²) in [4.78, 5) is 23.6. The number of hydrazine groups is 1. The van der Waals surface area contributed by atoms with Crippen LogP contribution in [0.3, 0.4) is 0 Å². The first-order chi connectivity index (χ1) is 12.7. The number of hydrogen-bond donors (Lipinski definition) is 3. The minimum absolute atomic E-state index is 0.0583. The van der Waals surface area contributed by atoms with Gasteiger partial charge in [0.2, 0.25) is 0 Å². The Morgan fingerprint density at radius 3 is 2.54 bits per heavy atom. The van der Waals surface area contributed by atoms with E-state index in [2.05, 4.69) is 16.2 Å². The Kier molecular flexibility index (Phi) is 5.56. The van der Waals surface area contributed by atoms with Crippen LogP contribution in [0.1, 0.15) is 22.1 Å². The fraction of sp³-hybridized carbons (Fsp3) is 0.111. The van der Waals surface area contributed by atoms with Gasteiger partial charge in [0.15, 0.2) is 5.76 Å². The Hall–Kier alpha value is -3.68. The second-order valence-electron chi connectivity index (χ2n) is 5.21. The summed E-state index contributed by atoms with van der Waals surface area (Å²) < 4.78 is 16.0. The van der Waals surface area contributed by atoms with Crippen LogP contribution in [0.25, 0.3) is 0 Å². The maximum atomic E-state index is 12.0. The molecule has 3 aromatic rings. The molecule has 0 spiro atoms. The molecule has 0 atom stereocenters. The maximum Gasteiger partial charge on any atom is 0.333 e. The highest BCUT2D eigenvalue weighted by Gasteiger charge is 2.12. The standard InChI is InChI=1S/C18H17N3O5/c22-17(20-21-18(23)19-11-14-7-4-10-24-14)16-9-8-15(26-16)12-25-13-5-2-1-3-6-13/h1-10H,11-12H2,(H,20,22)(H2,19,21,23). The zero-order valence-corrected chi connectivity index (χ0v) is 13.7. The number of ether oxygens (including phenoxy) is 1. The summed E-state index contributed by atoms with van der Waals surface area (Å²) in [6.07, 6.45) is 1.51.